The van der Waals surface area contributed by atoms with Crippen molar-refractivity contribution in [3.8, 4) is 0 Å². The Balaban J connectivity index is 3.42. The summed E-state index contributed by atoms with van der Waals surface area (Å²) >= 11 is 0. The quantitative estimate of drug-likeness (QED) is 0.250. The molecule has 0 unspecified atom stereocenters. The number of carbonyl (C=O) groups excluding carboxylic acids is 3. The summed E-state index contributed by atoms with van der Waals surface area (Å²) in [6.07, 6.45) is -3.98. The highest BCUT2D eigenvalue weighted by Crippen LogP contribution is 2.62. The van der Waals surface area contributed by atoms with Gasteiger partial charge in [0.25, 0.3) is 0 Å². The zero-order chi connectivity index (χ0) is 25.9. The van der Waals surface area contributed by atoms with Gasteiger partial charge in [0.15, 0.2) is 5.54 Å². The third-order valence-corrected chi connectivity index (χ3v) is 6.72. The van der Waals surface area contributed by atoms with Crippen molar-refractivity contribution in [1.82, 2.24) is 4.90 Å². The summed E-state index contributed by atoms with van der Waals surface area (Å²) in [5, 5.41) is 0. The maximum Gasteiger partial charge on any atom is 0.420 e. The number of methoxy groups -OCH3 is 1. The summed E-state index contributed by atoms with van der Waals surface area (Å²) < 4.78 is 54.7. The minimum absolute atomic E-state index is 0.0701. The highest BCUT2D eigenvalue weighted by atomic mass is 31.2. The van der Waals surface area contributed by atoms with Crippen LogP contribution in [0.4, 0.5) is 14.0 Å². The highest BCUT2D eigenvalue weighted by Gasteiger charge is 2.81. The molecule has 0 heterocycles. The number of esters is 1. The number of amides is 2. The first kappa shape index (κ1) is 29.3. The van der Waals surface area contributed by atoms with Gasteiger partial charge in [-0.2, -0.15) is 4.90 Å². The van der Waals surface area contributed by atoms with Gasteiger partial charge in [-0.25, -0.2) is 18.8 Å². The van der Waals surface area contributed by atoms with Gasteiger partial charge in [-0.1, -0.05) is 0 Å². The largest absolute Gasteiger partial charge is 0.467 e. The predicted molar refractivity (Wildman–Crippen MR) is 118 cm³/mol. The van der Waals surface area contributed by atoms with E-state index in [0.717, 1.165) is 7.11 Å². The maximum atomic E-state index is 16.1. The van der Waals surface area contributed by atoms with E-state index in [1.54, 1.807) is 55.4 Å². The number of carbonyl (C=O) groups is 3. The normalized spacial score (nSPS) is 23.0. The third-order valence-electron chi connectivity index (χ3n) is 4.64. The molecule has 0 aromatic heterocycles. The van der Waals surface area contributed by atoms with E-state index in [0.29, 0.717) is 4.90 Å². The minimum Gasteiger partial charge on any atom is -0.467 e. The van der Waals surface area contributed by atoms with Gasteiger partial charge in [-0.3, -0.25) is 4.57 Å². The summed E-state index contributed by atoms with van der Waals surface area (Å²) in [7, 11) is -2.65. The summed E-state index contributed by atoms with van der Waals surface area (Å²) in [6, 6.07) is 0. The molecule has 0 aliphatic heterocycles. The van der Waals surface area contributed by atoms with Gasteiger partial charge >= 0.3 is 25.8 Å². The lowest BCUT2D eigenvalue weighted by molar-refractivity contribution is -0.150. The van der Waals surface area contributed by atoms with Crippen LogP contribution >= 0.6 is 7.60 Å². The zero-order valence-corrected chi connectivity index (χ0v) is 21.9. The van der Waals surface area contributed by atoms with Crippen LogP contribution in [-0.2, 0) is 32.6 Å². The molecule has 0 N–H and O–H groups in total. The monoisotopic (exact) mass is 497 g/mol. The van der Waals surface area contributed by atoms with E-state index in [-0.39, 0.29) is 19.4 Å². The van der Waals surface area contributed by atoms with E-state index in [2.05, 4.69) is 0 Å². The lowest BCUT2D eigenvalue weighted by Gasteiger charge is -2.33. The first-order valence-electron chi connectivity index (χ1n) is 10.8. The Morgan fingerprint density at radius 3 is 1.70 bits per heavy atom. The molecule has 1 aliphatic rings. The Kier molecular flexibility index (Phi) is 9.13. The van der Waals surface area contributed by atoms with Crippen molar-refractivity contribution in [3.63, 3.8) is 0 Å². The molecule has 10 nitrogen and oxygen atoms in total. The molecule has 2 atom stereocenters. The molecule has 1 rings (SSSR count). The number of nitrogens with zero attached hydrogens (tertiary/aromatic N) is 1. The van der Waals surface area contributed by atoms with Crippen molar-refractivity contribution in [1.29, 1.82) is 0 Å². The van der Waals surface area contributed by atoms with Crippen LogP contribution in [0.1, 0.15) is 68.2 Å². The van der Waals surface area contributed by atoms with Crippen molar-refractivity contribution >= 4 is 25.8 Å². The van der Waals surface area contributed by atoms with E-state index in [1.165, 1.54) is 0 Å². The number of hydrogen-bond acceptors (Lipinski definition) is 9. The second kappa shape index (κ2) is 10.3. The van der Waals surface area contributed by atoms with Gasteiger partial charge in [0.05, 0.1) is 26.5 Å². The fraction of sp³-hybridized carbons (Fsp3) is 0.857. The van der Waals surface area contributed by atoms with Gasteiger partial charge in [0.2, 0.25) is 0 Å². The molecule has 0 aromatic rings. The number of rotatable bonds is 9. The van der Waals surface area contributed by atoms with Crippen LogP contribution in [0.2, 0.25) is 0 Å². The van der Waals surface area contributed by atoms with Gasteiger partial charge < -0.3 is 23.3 Å². The zero-order valence-electron chi connectivity index (χ0n) is 21.0. The molecular formula is C21H37FNO9P. The molecule has 1 fully saturated rings. The molecule has 2 amide bonds. The fourth-order valence-electron chi connectivity index (χ4n) is 3.33. The third kappa shape index (κ3) is 7.13. The average molecular weight is 497 g/mol. The molecule has 33 heavy (non-hydrogen) atoms. The predicted octanol–water partition coefficient (Wildman–Crippen LogP) is 4.84. The summed E-state index contributed by atoms with van der Waals surface area (Å²) in [4.78, 5) is 39.2. The average Bonchev–Trinajstić information content (AvgIpc) is 3.23. The Morgan fingerprint density at radius 1 is 0.939 bits per heavy atom. The number of alkyl halides is 1. The molecule has 192 valence electrons. The van der Waals surface area contributed by atoms with E-state index in [9.17, 15) is 18.9 Å². The van der Waals surface area contributed by atoms with Crippen molar-refractivity contribution < 1.29 is 46.6 Å². The molecule has 12 heteroatoms. The number of ether oxygens (including phenoxy) is 3. The van der Waals surface area contributed by atoms with Crippen LogP contribution in [0, 0.1) is 0 Å². The van der Waals surface area contributed by atoms with E-state index < -0.39 is 61.0 Å². The smallest absolute Gasteiger partial charge is 0.420 e. The van der Waals surface area contributed by atoms with Crippen LogP contribution in [0.15, 0.2) is 0 Å². The fourth-order valence-corrected chi connectivity index (χ4v) is 5.07. The SMILES string of the molecule is CCOP(=O)(CC[C@]1(F)C[C@@]1(C(=O)OC)N(C(=O)OC(C)(C)C)C(=O)OC(C)(C)C)OCC. The van der Waals surface area contributed by atoms with Crippen molar-refractivity contribution in [2.45, 2.75) is 90.6 Å². The molecule has 0 radical (unpaired) electrons. The van der Waals surface area contributed by atoms with Crippen LogP contribution < -0.4 is 0 Å². The maximum absolute atomic E-state index is 16.1. The molecule has 0 bridgehead atoms. The van der Waals surface area contributed by atoms with Gasteiger partial charge in [0, 0.05) is 6.42 Å². The molecular weight excluding hydrogens is 460 g/mol. The van der Waals surface area contributed by atoms with Crippen LogP contribution in [0.25, 0.3) is 0 Å². The molecule has 0 aromatic carbocycles. The Labute approximate surface area is 194 Å². The second-order valence-electron chi connectivity index (χ2n) is 9.71. The number of imide groups is 1. The van der Waals surface area contributed by atoms with Crippen molar-refractivity contribution in [2.24, 2.45) is 0 Å². The van der Waals surface area contributed by atoms with E-state index in [1.807, 2.05) is 0 Å². The molecule has 0 saturated heterocycles. The summed E-state index contributed by atoms with van der Waals surface area (Å²) in [6.45, 7) is 12.7. The van der Waals surface area contributed by atoms with E-state index in [4.69, 9.17) is 23.3 Å². The number of halogens is 1. The Bertz CT molecular complexity index is 754. The van der Waals surface area contributed by atoms with Crippen LogP contribution in [0.5, 0.6) is 0 Å². The first-order chi connectivity index (χ1) is 14.9. The highest BCUT2D eigenvalue weighted by molar-refractivity contribution is 7.53. The topological polar surface area (TPSA) is 118 Å². The summed E-state index contributed by atoms with van der Waals surface area (Å²) in [5.41, 5.74) is -6.92. The lowest BCUT2D eigenvalue weighted by Crippen LogP contribution is -2.57. The van der Waals surface area contributed by atoms with Gasteiger partial charge in [-0.15, -0.1) is 0 Å². The van der Waals surface area contributed by atoms with Crippen molar-refractivity contribution in [3.05, 3.63) is 0 Å². The van der Waals surface area contributed by atoms with Crippen LogP contribution in [0.3, 0.4) is 0 Å². The van der Waals surface area contributed by atoms with Crippen molar-refractivity contribution in [2.75, 3.05) is 26.5 Å². The summed E-state index contributed by atoms with van der Waals surface area (Å²) in [5.74, 6) is -1.16. The van der Waals surface area contributed by atoms with Gasteiger partial charge in [-0.05, 0) is 61.8 Å². The second-order valence-corrected chi connectivity index (χ2v) is 11.9. The standard InChI is InChI=1S/C21H37FNO9P/c1-10-29-33(27,30-11-2)13-12-20(22)14-21(20,15(24)28-9)23(16(25)31-18(3,4)5)17(26)32-19(6,7)8/h10-14H2,1-9H3/t20-,21-/m0/s1. The molecule has 1 aliphatic carbocycles. The molecule has 1 saturated carbocycles. The minimum atomic E-state index is -3.66. The Morgan fingerprint density at radius 2 is 1.36 bits per heavy atom. The molecule has 0 spiro atoms. The van der Waals surface area contributed by atoms with E-state index >= 15 is 4.39 Å². The number of hydrogen-bond donors (Lipinski definition) is 0. The Hall–Kier alpha value is -1.71. The first-order valence-corrected chi connectivity index (χ1v) is 12.5. The van der Waals surface area contributed by atoms with Crippen LogP contribution in [-0.4, -0.2) is 72.0 Å². The lowest BCUT2D eigenvalue weighted by atomic mass is 10.1. The van der Waals surface area contributed by atoms with Gasteiger partial charge in [0.1, 0.15) is 16.9 Å².